The fraction of sp³-hybridized carbons (Fsp3) is 0.690. The van der Waals surface area contributed by atoms with Crippen molar-refractivity contribution in [1.82, 2.24) is 16.0 Å². The smallest absolute Gasteiger partial charge is 0.329 e. The predicted molar refractivity (Wildman–Crippen MR) is 152 cm³/mol. The molecule has 0 spiro atoms. The highest BCUT2D eigenvalue weighted by molar-refractivity contribution is 5.87. The molecule has 1 aromatic carbocycles. The molecule has 1 aromatic rings. The molecule has 1 rings (SSSR count). The van der Waals surface area contributed by atoms with Gasteiger partial charge in [-0.2, -0.15) is 0 Å². The van der Waals surface area contributed by atoms with E-state index in [4.69, 9.17) is 23.7 Å². The molecule has 0 amide bonds. The van der Waals surface area contributed by atoms with E-state index in [9.17, 15) is 14.4 Å². The predicted octanol–water partition coefficient (Wildman–Crippen LogP) is 1.97. The summed E-state index contributed by atoms with van der Waals surface area (Å²) < 4.78 is 27.2. The normalized spacial score (nSPS) is 13.4. The van der Waals surface area contributed by atoms with Gasteiger partial charge in [0.1, 0.15) is 17.8 Å². The first-order valence-electron chi connectivity index (χ1n) is 13.6. The molecule has 0 heterocycles. The van der Waals surface area contributed by atoms with Crippen molar-refractivity contribution >= 4 is 17.9 Å². The lowest BCUT2D eigenvalue weighted by molar-refractivity contribution is -0.171. The molecule has 0 saturated carbocycles. The van der Waals surface area contributed by atoms with Gasteiger partial charge in [0, 0.05) is 33.3 Å². The van der Waals surface area contributed by atoms with Crippen molar-refractivity contribution in [2.24, 2.45) is 0 Å². The molecule has 0 saturated heterocycles. The van der Waals surface area contributed by atoms with Gasteiger partial charge in [0.2, 0.25) is 0 Å². The average Bonchev–Trinajstić information content (AvgIpc) is 2.85. The largest absolute Gasteiger partial charge is 0.461 e. The number of carbonyl (C=O) groups excluding carboxylic acids is 3. The standard InChI is InChI=1S/C29H49N3O8/c1-27(2,3)39-25(34)20-31-14-13-30-15-16-32-29(22-37-18-17-36-7,26(35)40-28(4,5)6)19-24(33)38-21-23-11-9-8-10-12-23/h8-12,30-32H,13-22H2,1-7H3. The summed E-state index contributed by atoms with van der Waals surface area (Å²) in [6.45, 7) is 13.4. The second-order valence-corrected chi connectivity index (χ2v) is 11.4. The number of methoxy groups -OCH3 is 1. The van der Waals surface area contributed by atoms with Crippen LogP contribution in [0.2, 0.25) is 0 Å². The Hall–Kier alpha value is -2.57. The fourth-order valence-electron chi connectivity index (χ4n) is 3.43. The second-order valence-electron chi connectivity index (χ2n) is 11.4. The number of carbonyl (C=O) groups is 3. The van der Waals surface area contributed by atoms with Crippen molar-refractivity contribution in [3.05, 3.63) is 35.9 Å². The monoisotopic (exact) mass is 567 g/mol. The van der Waals surface area contributed by atoms with Gasteiger partial charge in [0.25, 0.3) is 0 Å². The van der Waals surface area contributed by atoms with E-state index in [1.807, 2.05) is 51.1 Å². The zero-order valence-corrected chi connectivity index (χ0v) is 25.2. The number of nitrogens with one attached hydrogen (secondary N) is 3. The summed E-state index contributed by atoms with van der Waals surface area (Å²) in [4.78, 5) is 38.2. The summed E-state index contributed by atoms with van der Waals surface area (Å²) in [5.74, 6) is -1.48. The summed E-state index contributed by atoms with van der Waals surface area (Å²) in [5, 5.41) is 9.46. The number of benzene rings is 1. The minimum absolute atomic E-state index is 0.0897. The first kappa shape index (κ1) is 35.5. The lowest BCUT2D eigenvalue weighted by Crippen LogP contribution is -2.60. The molecule has 0 aliphatic rings. The van der Waals surface area contributed by atoms with Crippen molar-refractivity contribution in [3.8, 4) is 0 Å². The summed E-state index contributed by atoms with van der Waals surface area (Å²) in [7, 11) is 1.55. The van der Waals surface area contributed by atoms with E-state index < -0.39 is 28.7 Å². The van der Waals surface area contributed by atoms with E-state index in [0.29, 0.717) is 32.8 Å². The molecule has 0 aliphatic carbocycles. The maximum Gasteiger partial charge on any atom is 0.329 e. The van der Waals surface area contributed by atoms with Crippen LogP contribution in [0.4, 0.5) is 0 Å². The summed E-state index contributed by atoms with van der Waals surface area (Å²) >= 11 is 0. The molecule has 0 fully saturated rings. The molecule has 228 valence electrons. The van der Waals surface area contributed by atoms with Gasteiger partial charge >= 0.3 is 17.9 Å². The molecular formula is C29H49N3O8. The van der Waals surface area contributed by atoms with Crippen LogP contribution < -0.4 is 16.0 Å². The third-order valence-electron chi connectivity index (χ3n) is 5.19. The fourth-order valence-corrected chi connectivity index (χ4v) is 3.43. The minimum atomic E-state index is -1.47. The van der Waals surface area contributed by atoms with Gasteiger partial charge in [-0.15, -0.1) is 0 Å². The topological polar surface area (TPSA) is 133 Å². The van der Waals surface area contributed by atoms with Gasteiger partial charge in [-0.05, 0) is 47.1 Å². The Balaban J connectivity index is 2.77. The molecule has 11 nitrogen and oxygen atoms in total. The second kappa shape index (κ2) is 18.0. The van der Waals surface area contributed by atoms with Crippen LogP contribution >= 0.6 is 0 Å². The van der Waals surface area contributed by atoms with E-state index in [2.05, 4.69) is 16.0 Å². The zero-order valence-electron chi connectivity index (χ0n) is 25.2. The first-order valence-corrected chi connectivity index (χ1v) is 13.6. The number of hydrogen-bond donors (Lipinski definition) is 3. The average molecular weight is 568 g/mol. The maximum absolute atomic E-state index is 13.4. The van der Waals surface area contributed by atoms with Crippen molar-refractivity contribution in [3.63, 3.8) is 0 Å². The van der Waals surface area contributed by atoms with E-state index in [-0.39, 0.29) is 38.8 Å². The highest BCUT2D eigenvalue weighted by Gasteiger charge is 2.44. The third-order valence-corrected chi connectivity index (χ3v) is 5.19. The Kier molecular flexibility index (Phi) is 15.9. The van der Waals surface area contributed by atoms with Crippen molar-refractivity contribution < 1.29 is 38.1 Å². The molecule has 1 atom stereocenters. The highest BCUT2D eigenvalue weighted by atomic mass is 16.6. The Labute approximate surface area is 239 Å². The van der Waals surface area contributed by atoms with Crippen LogP contribution in [0.15, 0.2) is 30.3 Å². The summed E-state index contributed by atoms with van der Waals surface area (Å²) in [6, 6.07) is 9.31. The van der Waals surface area contributed by atoms with Gasteiger partial charge in [0.05, 0.1) is 32.8 Å². The van der Waals surface area contributed by atoms with Crippen LogP contribution in [0.1, 0.15) is 53.5 Å². The van der Waals surface area contributed by atoms with Crippen molar-refractivity contribution in [2.75, 3.05) is 59.7 Å². The van der Waals surface area contributed by atoms with Crippen molar-refractivity contribution in [1.29, 1.82) is 0 Å². The highest BCUT2D eigenvalue weighted by Crippen LogP contribution is 2.20. The number of esters is 3. The van der Waals surface area contributed by atoms with Crippen LogP contribution in [0.25, 0.3) is 0 Å². The van der Waals surface area contributed by atoms with Crippen LogP contribution in [-0.4, -0.2) is 94.3 Å². The molecule has 0 radical (unpaired) electrons. The lowest BCUT2D eigenvalue weighted by Gasteiger charge is -2.34. The quantitative estimate of drug-likeness (QED) is 0.129. The minimum Gasteiger partial charge on any atom is -0.461 e. The van der Waals surface area contributed by atoms with E-state index >= 15 is 0 Å². The Morgan fingerprint density at radius 2 is 1.40 bits per heavy atom. The summed E-state index contributed by atoms with van der Waals surface area (Å²) in [6.07, 6.45) is -0.279. The van der Waals surface area contributed by atoms with E-state index in [0.717, 1.165) is 5.56 Å². The van der Waals surface area contributed by atoms with Crippen molar-refractivity contribution in [2.45, 2.75) is 71.3 Å². The molecule has 0 aromatic heterocycles. The lowest BCUT2D eigenvalue weighted by atomic mass is 9.95. The Morgan fingerprint density at radius 3 is 2.02 bits per heavy atom. The zero-order chi connectivity index (χ0) is 30.1. The van der Waals surface area contributed by atoms with E-state index in [1.54, 1.807) is 27.9 Å². The van der Waals surface area contributed by atoms with Gasteiger partial charge < -0.3 is 34.3 Å². The van der Waals surface area contributed by atoms with Crippen LogP contribution in [-0.2, 0) is 44.7 Å². The Morgan fingerprint density at radius 1 is 0.775 bits per heavy atom. The SMILES string of the molecule is COCCOCC(CC(=O)OCc1ccccc1)(NCCNCCNCC(=O)OC(C)(C)C)C(=O)OC(C)(C)C. The Bertz CT molecular complexity index is 884. The van der Waals surface area contributed by atoms with Gasteiger partial charge in [0.15, 0.2) is 5.54 Å². The molecule has 0 bridgehead atoms. The molecular weight excluding hydrogens is 518 g/mol. The summed E-state index contributed by atoms with van der Waals surface area (Å²) in [5.41, 5.74) is -1.93. The third kappa shape index (κ3) is 16.5. The maximum atomic E-state index is 13.4. The van der Waals surface area contributed by atoms with Gasteiger partial charge in [-0.25, -0.2) is 4.79 Å². The molecule has 40 heavy (non-hydrogen) atoms. The molecule has 3 N–H and O–H groups in total. The van der Waals surface area contributed by atoms with Crippen LogP contribution in [0, 0.1) is 0 Å². The molecule has 11 heteroatoms. The molecule has 0 aliphatic heterocycles. The van der Waals surface area contributed by atoms with Crippen LogP contribution in [0.5, 0.6) is 0 Å². The molecule has 1 unspecified atom stereocenters. The number of rotatable bonds is 19. The van der Waals surface area contributed by atoms with Gasteiger partial charge in [-0.1, -0.05) is 30.3 Å². The van der Waals surface area contributed by atoms with Gasteiger partial charge in [-0.3, -0.25) is 14.9 Å². The van der Waals surface area contributed by atoms with Crippen LogP contribution in [0.3, 0.4) is 0 Å². The first-order chi connectivity index (χ1) is 18.8. The number of ether oxygens (including phenoxy) is 5. The van der Waals surface area contributed by atoms with E-state index in [1.165, 1.54) is 0 Å². The number of hydrogen-bond acceptors (Lipinski definition) is 11.